The highest BCUT2D eigenvalue weighted by Gasteiger charge is 2.54. The Morgan fingerprint density at radius 3 is 2.26 bits per heavy atom. The molecule has 5 amide bonds. The van der Waals surface area contributed by atoms with Crippen molar-refractivity contribution in [2.45, 2.75) is 126 Å². The molecule has 1 aromatic rings. The lowest BCUT2D eigenvalue weighted by Crippen LogP contribution is -2.62. The molecule has 2 saturated heterocycles. The molecule has 2 aliphatic heterocycles. The Labute approximate surface area is 302 Å². The molecule has 1 spiro atoms. The maximum absolute atomic E-state index is 14.7. The molecule has 4 aliphatic rings. The highest BCUT2D eigenvalue weighted by atomic mass is 32.2. The number of nitrogens with zero attached hydrogens (tertiary/aromatic N) is 3. The lowest BCUT2D eigenvalue weighted by atomic mass is 9.82. The summed E-state index contributed by atoms with van der Waals surface area (Å²) in [5.41, 5.74) is -0.662. The van der Waals surface area contributed by atoms with Gasteiger partial charge in [0.25, 0.3) is 11.8 Å². The third-order valence-electron chi connectivity index (χ3n) is 9.92. The second kappa shape index (κ2) is 16.4. The van der Waals surface area contributed by atoms with Gasteiger partial charge in [-0.15, -0.1) is 23.5 Å². The van der Waals surface area contributed by atoms with Crippen molar-refractivity contribution < 1.29 is 28.8 Å². The van der Waals surface area contributed by atoms with E-state index >= 15 is 0 Å². The standard InChI is InChI=1S/C35H51N7O6S2/c1-5-9-23(27(43)32(47)38-22-12-13-22)39-30(45)25-18-35(49-16-17-50-35)20-42(25)33(48)28(34(2,3)4)41-31(46)26(21-10-7-6-8-11-21)40-29(44)24-19-36-14-15-37-24/h14-15,19,21-23,25-26,28H,5-13,16-18,20H2,1-4H3,(H,38,47)(H,39,45)(H,40,44)(H,41,46)/t23-,25-,26-,28+/m0/s1. The molecule has 1 aromatic heterocycles. The monoisotopic (exact) mass is 729 g/mol. The second-order valence-electron chi connectivity index (χ2n) is 15.0. The van der Waals surface area contributed by atoms with Crippen molar-refractivity contribution in [3.8, 4) is 0 Å². The van der Waals surface area contributed by atoms with E-state index in [-0.39, 0.29) is 17.7 Å². The normalized spacial score (nSPS) is 22.3. The number of rotatable bonds is 13. The molecular weight excluding hydrogens is 679 g/mol. The molecule has 0 unspecified atom stereocenters. The van der Waals surface area contributed by atoms with Crippen molar-refractivity contribution in [1.29, 1.82) is 0 Å². The highest BCUT2D eigenvalue weighted by molar-refractivity contribution is 8.21. The number of hydrogen-bond acceptors (Lipinski definition) is 10. The fraction of sp³-hybridized carbons (Fsp3) is 0.714. The zero-order valence-electron chi connectivity index (χ0n) is 29.5. The Morgan fingerprint density at radius 1 is 0.960 bits per heavy atom. The van der Waals surface area contributed by atoms with Crippen LogP contribution in [0.2, 0.25) is 0 Å². The maximum Gasteiger partial charge on any atom is 0.289 e. The summed E-state index contributed by atoms with van der Waals surface area (Å²) in [6.07, 6.45) is 11.6. The average molecular weight is 730 g/mol. The third-order valence-corrected chi connectivity index (χ3v) is 13.3. The van der Waals surface area contributed by atoms with E-state index in [2.05, 4.69) is 31.2 Å². The third kappa shape index (κ3) is 9.36. The minimum atomic E-state index is -1.02. The van der Waals surface area contributed by atoms with E-state index in [1.165, 1.54) is 18.6 Å². The second-order valence-corrected chi connectivity index (χ2v) is 18.2. The van der Waals surface area contributed by atoms with E-state index in [9.17, 15) is 28.8 Å². The quantitative estimate of drug-likeness (QED) is 0.221. The first-order valence-electron chi connectivity index (χ1n) is 17.9. The number of Topliss-reactive ketones (excluding diaryl/α,β-unsaturated/α-hetero) is 1. The van der Waals surface area contributed by atoms with E-state index < -0.39 is 69.0 Å². The Hall–Kier alpha value is -3.20. The minimum Gasteiger partial charge on any atom is -0.347 e. The minimum absolute atomic E-state index is 0.00577. The van der Waals surface area contributed by atoms with Crippen LogP contribution in [0.3, 0.4) is 0 Å². The van der Waals surface area contributed by atoms with E-state index in [1.807, 2.05) is 27.7 Å². The summed E-state index contributed by atoms with van der Waals surface area (Å²) < 4.78 is -0.396. The van der Waals surface area contributed by atoms with Crippen molar-refractivity contribution in [3.63, 3.8) is 0 Å². The van der Waals surface area contributed by atoms with Gasteiger partial charge in [-0.1, -0.05) is 53.4 Å². The van der Waals surface area contributed by atoms with Crippen molar-refractivity contribution in [2.24, 2.45) is 11.3 Å². The van der Waals surface area contributed by atoms with Crippen LogP contribution in [0.1, 0.15) is 102 Å². The molecule has 13 nitrogen and oxygen atoms in total. The maximum atomic E-state index is 14.7. The summed E-state index contributed by atoms with van der Waals surface area (Å²) in [4.78, 5) is 91.6. The van der Waals surface area contributed by atoms with Crippen molar-refractivity contribution in [2.75, 3.05) is 18.1 Å². The lowest BCUT2D eigenvalue weighted by Gasteiger charge is -2.37. The molecule has 4 atom stereocenters. The average Bonchev–Trinajstić information content (AvgIpc) is 3.66. The van der Waals surface area contributed by atoms with Crippen molar-refractivity contribution in [3.05, 3.63) is 24.3 Å². The smallest absolute Gasteiger partial charge is 0.289 e. The van der Waals surface area contributed by atoms with Gasteiger partial charge in [-0.25, -0.2) is 4.98 Å². The van der Waals surface area contributed by atoms with Crippen LogP contribution in [0.5, 0.6) is 0 Å². The molecule has 0 aromatic carbocycles. The predicted molar refractivity (Wildman–Crippen MR) is 192 cm³/mol. The van der Waals surface area contributed by atoms with E-state index in [4.69, 9.17) is 0 Å². The number of hydrogen-bond donors (Lipinski definition) is 4. The molecule has 3 heterocycles. The van der Waals surface area contributed by atoms with Gasteiger partial charge in [0.05, 0.1) is 16.3 Å². The Morgan fingerprint density at radius 2 is 1.66 bits per heavy atom. The number of carbonyl (C=O) groups is 6. The molecule has 4 N–H and O–H groups in total. The van der Waals surface area contributed by atoms with Crippen LogP contribution in [-0.2, 0) is 24.0 Å². The van der Waals surface area contributed by atoms with Gasteiger partial charge in [0.2, 0.25) is 23.5 Å². The van der Waals surface area contributed by atoms with Gasteiger partial charge in [0.15, 0.2) is 0 Å². The topological polar surface area (TPSA) is 180 Å². The molecule has 274 valence electrons. The molecule has 4 fully saturated rings. The summed E-state index contributed by atoms with van der Waals surface area (Å²) in [7, 11) is 0. The van der Waals surface area contributed by atoms with Gasteiger partial charge < -0.3 is 26.2 Å². The summed E-state index contributed by atoms with van der Waals surface area (Å²) in [6.45, 7) is 7.75. The van der Waals surface area contributed by atoms with Crippen molar-refractivity contribution in [1.82, 2.24) is 36.1 Å². The van der Waals surface area contributed by atoms with Crippen LogP contribution in [0.15, 0.2) is 18.6 Å². The zero-order valence-corrected chi connectivity index (χ0v) is 31.1. The number of aromatic nitrogens is 2. The molecular formula is C35H51N7O6S2. The van der Waals surface area contributed by atoms with Gasteiger partial charge in [-0.05, 0) is 43.4 Å². The molecule has 2 saturated carbocycles. The molecule has 5 rings (SSSR count). The lowest BCUT2D eigenvalue weighted by molar-refractivity contribution is -0.145. The summed E-state index contributed by atoms with van der Waals surface area (Å²) in [5.74, 6) is -1.59. The highest BCUT2D eigenvalue weighted by Crippen LogP contribution is 2.52. The predicted octanol–water partition coefficient (Wildman–Crippen LogP) is 2.60. The number of nitrogens with one attached hydrogen (secondary N) is 4. The van der Waals surface area contributed by atoms with Gasteiger partial charge in [-0.2, -0.15) is 0 Å². The Balaban J connectivity index is 1.37. The fourth-order valence-corrected chi connectivity index (χ4v) is 10.3. The van der Waals surface area contributed by atoms with Gasteiger partial charge >= 0.3 is 0 Å². The number of likely N-dealkylation sites (tertiary alicyclic amines) is 1. The largest absolute Gasteiger partial charge is 0.347 e. The first kappa shape index (κ1) is 38.0. The number of carbonyl (C=O) groups excluding carboxylic acids is 6. The molecule has 0 bridgehead atoms. The molecule has 2 aliphatic carbocycles. The van der Waals surface area contributed by atoms with E-state index in [0.29, 0.717) is 25.8 Å². The van der Waals surface area contributed by atoms with E-state index in [1.54, 1.807) is 28.4 Å². The van der Waals surface area contributed by atoms with Crippen LogP contribution in [0.4, 0.5) is 0 Å². The number of amides is 5. The van der Waals surface area contributed by atoms with Crippen LogP contribution >= 0.6 is 23.5 Å². The SMILES string of the molecule is CCC[C@H](NC(=O)[C@@H]1CC2(CN1C(=O)[C@@H](NC(=O)[C@@H](NC(=O)c1cnccn1)C1CCCCC1)C(C)(C)C)SCCS2)C(=O)C(=O)NC1CC1. The molecule has 0 radical (unpaired) electrons. The Kier molecular flexibility index (Phi) is 12.5. The fourth-order valence-electron chi connectivity index (χ4n) is 7.02. The van der Waals surface area contributed by atoms with Gasteiger partial charge in [0.1, 0.15) is 23.8 Å². The van der Waals surface area contributed by atoms with Crippen molar-refractivity contribution >= 4 is 58.8 Å². The van der Waals surface area contributed by atoms with Crippen LogP contribution in [-0.4, -0.2) is 103 Å². The van der Waals surface area contributed by atoms with Crippen LogP contribution in [0.25, 0.3) is 0 Å². The molecule has 15 heteroatoms. The summed E-state index contributed by atoms with van der Waals surface area (Å²) >= 11 is 3.44. The zero-order chi connectivity index (χ0) is 36.1. The van der Waals surface area contributed by atoms with Gasteiger partial charge in [-0.3, -0.25) is 33.8 Å². The van der Waals surface area contributed by atoms with Crippen LogP contribution in [0, 0.1) is 11.3 Å². The first-order chi connectivity index (χ1) is 23.8. The first-order valence-corrected chi connectivity index (χ1v) is 19.9. The van der Waals surface area contributed by atoms with Crippen LogP contribution < -0.4 is 21.3 Å². The van der Waals surface area contributed by atoms with Gasteiger partial charge in [0, 0.05) is 42.9 Å². The summed E-state index contributed by atoms with van der Waals surface area (Å²) in [6, 6.07) is -3.81. The number of thioether (sulfide) groups is 2. The summed E-state index contributed by atoms with van der Waals surface area (Å²) in [5, 5.41) is 11.5. The van der Waals surface area contributed by atoms with E-state index in [0.717, 1.165) is 56.5 Å². The number of ketones is 1. The molecule has 50 heavy (non-hydrogen) atoms. The Bertz CT molecular complexity index is 1420.